The second kappa shape index (κ2) is 6.69. The van der Waals surface area contributed by atoms with Crippen LogP contribution in [0.15, 0.2) is 42.5 Å². The third-order valence-electron chi connectivity index (χ3n) is 5.84. The lowest BCUT2D eigenvalue weighted by molar-refractivity contribution is 0.0891. The molecule has 1 aliphatic heterocycles. The fourth-order valence-electron chi connectivity index (χ4n) is 4.09. The Hall–Kier alpha value is -3.68. The van der Waals surface area contributed by atoms with Gasteiger partial charge in [-0.25, -0.2) is 9.97 Å². The second-order valence-corrected chi connectivity index (χ2v) is 7.63. The summed E-state index contributed by atoms with van der Waals surface area (Å²) in [4.78, 5) is 34.5. The van der Waals surface area contributed by atoms with Crippen molar-refractivity contribution in [3.8, 4) is 0 Å². The molecule has 0 bridgehead atoms. The SMILES string of the molecule is CCn1c(NC(=O)c2ccc3cc4n(c3n2)C(C)[C@H](C)NC4=O)nc2ccccc21. The Bertz CT molecular complexity index is 1320. The minimum Gasteiger partial charge on any atom is -0.346 e. The van der Waals surface area contributed by atoms with Crippen molar-refractivity contribution < 1.29 is 9.59 Å². The van der Waals surface area contributed by atoms with Gasteiger partial charge in [-0.2, -0.15) is 0 Å². The first kappa shape index (κ1) is 18.4. The van der Waals surface area contributed by atoms with E-state index in [1.54, 1.807) is 6.07 Å². The lowest BCUT2D eigenvalue weighted by Gasteiger charge is -2.29. The van der Waals surface area contributed by atoms with E-state index in [0.717, 1.165) is 16.4 Å². The predicted molar refractivity (Wildman–Crippen MR) is 115 cm³/mol. The number of imidazole rings is 1. The number of amides is 2. The molecule has 2 amide bonds. The first-order valence-electron chi connectivity index (χ1n) is 10.1. The van der Waals surface area contributed by atoms with Crippen LogP contribution in [0.4, 0.5) is 5.95 Å². The second-order valence-electron chi connectivity index (χ2n) is 7.63. The molecule has 0 saturated carbocycles. The number of aryl methyl sites for hydroxylation is 1. The molecule has 4 heterocycles. The molecule has 0 aliphatic carbocycles. The zero-order valence-corrected chi connectivity index (χ0v) is 17.0. The Morgan fingerprint density at radius 1 is 1.17 bits per heavy atom. The first-order valence-corrected chi connectivity index (χ1v) is 10.1. The summed E-state index contributed by atoms with van der Waals surface area (Å²) in [5.74, 6) is 0.0313. The highest BCUT2D eigenvalue weighted by Crippen LogP contribution is 2.28. The zero-order valence-electron chi connectivity index (χ0n) is 17.0. The van der Waals surface area contributed by atoms with Gasteiger partial charge < -0.3 is 14.5 Å². The van der Waals surface area contributed by atoms with Crippen LogP contribution in [0.3, 0.4) is 0 Å². The van der Waals surface area contributed by atoms with Crippen LogP contribution in [0.2, 0.25) is 0 Å². The molecule has 30 heavy (non-hydrogen) atoms. The lowest BCUT2D eigenvalue weighted by Crippen LogP contribution is -2.44. The standard InChI is InChI=1S/C22H22N6O2/c1-4-27-17-8-6-5-7-15(17)25-22(27)26-20(29)16-10-9-14-11-18-21(30)23-12(2)13(3)28(18)19(14)24-16/h5-13H,4H2,1-3H3,(H,23,30)(H,25,26,29)/t12-,13?/m0/s1. The number of nitrogens with one attached hydrogen (secondary N) is 2. The summed E-state index contributed by atoms with van der Waals surface area (Å²) in [5.41, 5.74) is 3.27. The number of aromatic nitrogens is 4. The average molecular weight is 402 g/mol. The lowest BCUT2D eigenvalue weighted by atomic mass is 10.1. The summed E-state index contributed by atoms with van der Waals surface area (Å²) in [7, 11) is 0. The van der Waals surface area contributed by atoms with Crippen LogP contribution in [0.5, 0.6) is 0 Å². The third-order valence-corrected chi connectivity index (χ3v) is 5.84. The Kier molecular flexibility index (Phi) is 4.09. The van der Waals surface area contributed by atoms with Crippen molar-refractivity contribution >= 4 is 39.8 Å². The monoisotopic (exact) mass is 402 g/mol. The average Bonchev–Trinajstić information content (AvgIpc) is 3.29. The van der Waals surface area contributed by atoms with Crippen molar-refractivity contribution in [3.63, 3.8) is 0 Å². The fraction of sp³-hybridized carbons (Fsp3) is 0.273. The number of para-hydroxylation sites is 2. The Balaban J connectivity index is 1.54. The molecule has 1 aromatic carbocycles. The largest absolute Gasteiger partial charge is 0.346 e. The van der Waals surface area contributed by atoms with Crippen molar-refractivity contribution in [2.75, 3.05) is 5.32 Å². The van der Waals surface area contributed by atoms with E-state index in [0.29, 0.717) is 23.8 Å². The summed E-state index contributed by atoms with van der Waals surface area (Å²) in [5, 5.41) is 6.69. The summed E-state index contributed by atoms with van der Waals surface area (Å²) in [6.45, 7) is 6.68. The maximum Gasteiger partial charge on any atom is 0.276 e. The van der Waals surface area contributed by atoms with Crippen molar-refractivity contribution in [2.24, 2.45) is 0 Å². The van der Waals surface area contributed by atoms with E-state index in [-0.39, 0.29) is 29.6 Å². The van der Waals surface area contributed by atoms with Gasteiger partial charge in [0.05, 0.1) is 17.1 Å². The minimum atomic E-state index is -0.335. The van der Waals surface area contributed by atoms with E-state index < -0.39 is 0 Å². The topological polar surface area (TPSA) is 93.8 Å². The minimum absolute atomic E-state index is 0.0238. The van der Waals surface area contributed by atoms with Crippen LogP contribution < -0.4 is 10.6 Å². The number of hydrogen-bond acceptors (Lipinski definition) is 4. The highest BCUT2D eigenvalue weighted by molar-refractivity contribution is 6.05. The van der Waals surface area contributed by atoms with Gasteiger partial charge in [0.1, 0.15) is 17.0 Å². The molecule has 2 N–H and O–H groups in total. The highest BCUT2D eigenvalue weighted by atomic mass is 16.2. The van der Waals surface area contributed by atoms with Crippen LogP contribution in [0.25, 0.3) is 22.1 Å². The number of hydrogen-bond donors (Lipinski definition) is 2. The van der Waals surface area contributed by atoms with Crippen LogP contribution in [-0.2, 0) is 6.54 Å². The number of carbonyl (C=O) groups is 2. The highest BCUT2D eigenvalue weighted by Gasteiger charge is 2.30. The van der Waals surface area contributed by atoms with Gasteiger partial charge in [0.15, 0.2) is 0 Å². The van der Waals surface area contributed by atoms with Crippen molar-refractivity contribution in [1.29, 1.82) is 0 Å². The molecule has 0 spiro atoms. The van der Waals surface area contributed by atoms with E-state index in [9.17, 15) is 9.59 Å². The molecule has 0 fully saturated rings. The summed E-state index contributed by atoms with van der Waals surface area (Å²) in [6.07, 6.45) is 0. The maximum atomic E-state index is 13.0. The number of nitrogens with zero attached hydrogens (tertiary/aromatic N) is 4. The van der Waals surface area contributed by atoms with Gasteiger partial charge in [0.25, 0.3) is 11.8 Å². The molecule has 3 aromatic heterocycles. The van der Waals surface area contributed by atoms with Gasteiger partial charge in [0, 0.05) is 18.0 Å². The summed E-state index contributed by atoms with van der Waals surface area (Å²) in [6, 6.07) is 13.1. The third kappa shape index (κ3) is 2.67. The number of benzene rings is 1. The van der Waals surface area contributed by atoms with E-state index >= 15 is 0 Å². The maximum absolute atomic E-state index is 13.0. The fourth-order valence-corrected chi connectivity index (χ4v) is 4.09. The number of anilines is 1. The van der Waals surface area contributed by atoms with E-state index in [1.165, 1.54) is 0 Å². The molecular weight excluding hydrogens is 380 g/mol. The molecule has 8 heteroatoms. The molecule has 4 aromatic rings. The number of fused-ring (bicyclic) bond motifs is 4. The molecule has 0 saturated heterocycles. The first-order chi connectivity index (χ1) is 14.5. The molecule has 1 aliphatic rings. The molecular formula is C22H22N6O2. The summed E-state index contributed by atoms with van der Waals surface area (Å²) >= 11 is 0. The van der Waals surface area contributed by atoms with Crippen LogP contribution in [0, 0.1) is 0 Å². The van der Waals surface area contributed by atoms with E-state index in [2.05, 4.69) is 20.6 Å². The van der Waals surface area contributed by atoms with E-state index in [4.69, 9.17) is 0 Å². The van der Waals surface area contributed by atoms with Crippen LogP contribution >= 0.6 is 0 Å². The quantitative estimate of drug-likeness (QED) is 0.549. The van der Waals surface area contributed by atoms with Crippen molar-refractivity contribution in [1.82, 2.24) is 24.4 Å². The van der Waals surface area contributed by atoms with E-state index in [1.807, 2.05) is 66.3 Å². The van der Waals surface area contributed by atoms with Gasteiger partial charge in [-0.15, -0.1) is 0 Å². The van der Waals surface area contributed by atoms with Crippen LogP contribution in [-0.4, -0.2) is 37.0 Å². The zero-order chi connectivity index (χ0) is 21.0. The Morgan fingerprint density at radius 3 is 2.77 bits per heavy atom. The van der Waals surface area contributed by atoms with Crippen molar-refractivity contribution in [3.05, 3.63) is 53.9 Å². The molecule has 8 nitrogen and oxygen atoms in total. The molecule has 0 radical (unpaired) electrons. The predicted octanol–water partition coefficient (Wildman–Crippen LogP) is 3.35. The van der Waals surface area contributed by atoms with Gasteiger partial charge in [-0.05, 0) is 51.1 Å². The molecule has 5 rings (SSSR count). The van der Waals surface area contributed by atoms with Gasteiger partial charge in [-0.3, -0.25) is 14.9 Å². The van der Waals surface area contributed by atoms with Gasteiger partial charge in [-0.1, -0.05) is 12.1 Å². The molecule has 152 valence electrons. The van der Waals surface area contributed by atoms with Crippen molar-refractivity contribution in [2.45, 2.75) is 39.4 Å². The van der Waals surface area contributed by atoms with Crippen LogP contribution in [0.1, 0.15) is 47.8 Å². The number of rotatable bonds is 3. The Labute approximate surface area is 172 Å². The number of carbonyl (C=O) groups excluding carboxylic acids is 2. The molecule has 1 unspecified atom stereocenters. The normalized spacial score (nSPS) is 18.4. The number of pyridine rings is 1. The smallest absolute Gasteiger partial charge is 0.276 e. The van der Waals surface area contributed by atoms with Gasteiger partial charge >= 0.3 is 0 Å². The summed E-state index contributed by atoms with van der Waals surface area (Å²) < 4.78 is 3.87. The van der Waals surface area contributed by atoms with Gasteiger partial charge in [0.2, 0.25) is 5.95 Å². The molecule has 2 atom stereocenters. The Morgan fingerprint density at radius 2 is 1.97 bits per heavy atom.